The van der Waals surface area contributed by atoms with Gasteiger partial charge in [0.25, 0.3) is 0 Å². The van der Waals surface area contributed by atoms with Crippen molar-refractivity contribution in [3.8, 4) is 9.88 Å². The Morgan fingerprint density at radius 2 is 2.17 bits per heavy atom. The Kier molecular flexibility index (Phi) is 4.96. The van der Waals surface area contributed by atoms with Gasteiger partial charge in [0, 0.05) is 18.5 Å². The summed E-state index contributed by atoms with van der Waals surface area (Å²) in [4.78, 5) is 5.49. The number of rotatable bonds is 6. The van der Waals surface area contributed by atoms with E-state index >= 15 is 0 Å². The van der Waals surface area contributed by atoms with Gasteiger partial charge in [-0.3, -0.25) is 0 Å². The summed E-state index contributed by atoms with van der Waals surface area (Å²) in [5.41, 5.74) is 0. The molecule has 0 saturated carbocycles. The van der Waals surface area contributed by atoms with Crippen LogP contribution in [0.3, 0.4) is 0 Å². The van der Waals surface area contributed by atoms with Crippen LogP contribution in [0.2, 0.25) is 0 Å². The SMILES string of the molecule is CSCc1ncc(-c2nnc(NCC(C)C)s2)s1. The molecule has 7 heteroatoms. The van der Waals surface area contributed by atoms with Gasteiger partial charge in [0.15, 0.2) is 5.01 Å². The number of hydrogen-bond donors (Lipinski definition) is 1. The highest BCUT2D eigenvalue weighted by molar-refractivity contribution is 7.97. The summed E-state index contributed by atoms with van der Waals surface area (Å²) in [6.45, 7) is 5.27. The summed E-state index contributed by atoms with van der Waals surface area (Å²) in [5, 5.41) is 14.6. The number of anilines is 1. The second-order valence-corrected chi connectivity index (χ2v) is 7.20. The summed E-state index contributed by atoms with van der Waals surface area (Å²) in [6.07, 6.45) is 3.98. The normalized spacial score (nSPS) is 11.1. The highest BCUT2D eigenvalue weighted by Crippen LogP contribution is 2.31. The summed E-state index contributed by atoms with van der Waals surface area (Å²) in [5.74, 6) is 1.57. The van der Waals surface area contributed by atoms with Crippen LogP contribution in [0.4, 0.5) is 5.13 Å². The van der Waals surface area contributed by atoms with Crippen molar-refractivity contribution in [2.75, 3.05) is 18.1 Å². The summed E-state index contributed by atoms with van der Waals surface area (Å²) in [7, 11) is 0. The quantitative estimate of drug-likeness (QED) is 0.883. The zero-order valence-corrected chi connectivity index (χ0v) is 13.1. The van der Waals surface area contributed by atoms with Gasteiger partial charge in [-0.15, -0.1) is 21.5 Å². The molecule has 0 saturated heterocycles. The Morgan fingerprint density at radius 3 is 2.89 bits per heavy atom. The van der Waals surface area contributed by atoms with Gasteiger partial charge in [-0.05, 0) is 12.2 Å². The molecule has 0 fully saturated rings. The molecule has 0 spiro atoms. The highest BCUT2D eigenvalue weighted by atomic mass is 32.2. The van der Waals surface area contributed by atoms with Gasteiger partial charge >= 0.3 is 0 Å². The lowest BCUT2D eigenvalue weighted by Crippen LogP contribution is -2.07. The lowest BCUT2D eigenvalue weighted by atomic mass is 10.2. The van der Waals surface area contributed by atoms with Crippen LogP contribution in [0.1, 0.15) is 18.9 Å². The largest absolute Gasteiger partial charge is 0.360 e. The molecule has 2 aromatic rings. The number of aromatic nitrogens is 3. The molecule has 0 aliphatic rings. The van der Waals surface area contributed by atoms with Crippen molar-refractivity contribution in [1.29, 1.82) is 0 Å². The van der Waals surface area contributed by atoms with Crippen molar-refractivity contribution in [2.45, 2.75) is 19.6 Å². The Labute approximate surface area is 119 Å². The first kappa shape index (κ1) is 13.8. The Morgan fingerprint density at radius 1 is 1.33 bits per heavy atom. The first-order valence-corrected chi connectivity index (χ1v) is 8.73. The summed E-state index contributed by atoms with van der Waals surface area (Å²) >= 11 is 5.07. The van der Waals surface area contributed by atoms with Crippen molar-refractivity contribution in [3.63, 3.8) is 0 Å². The van der Waals surface area contributed by atoms with Gasteiger partial charge in [0.05, 0.1) is 4.88 Å². The molecule has 0 atom stereocenters. The minimum Gasteiger partial charge on any atom is -0.360 e. The molecule has 0 aromatic carbocycles. The molecule has 0 bridgehead atoms. The van der Waals surface area contributed by atoms with Crippen LogP contribution < -0.4 is 5.32 Å². The van der Waals surface area contributed by atoms with Crippen LogP contribution in [0.15, 0.2) is 6.20 Å². The lowest BCUT2D eigenvalue weighted by Gasteiger charge is -2.03. The van der Waals surface area contributed by atoms with Crippen LogP contribution in [0.5, 0.6) is 0 Å². The van der Waals surface area contributed by atoms with E-state index in [1.54, 1.807) is 34.4 Å². The van der Waals surface area contributed by atoms with Gasteiger partial charge in [-0.2, -0.15) is 11.8 Å². The number of thioether (sulfide) groups is 1. The predicted octanol–water partition coefficient (Wildman–Crippen LogP) is 3.59. The summed E-state index contributed by atoms with van der Waals surface area (Å²) in [6, 6.07) is 0. The molecular formula is C11H16N4S3. The first-order valence-electron chi connectivity index (χ1n) is 5.70. The fourth-order valence-corrected chi connectivity index (χ4v) is 3.69. The van der Waals surface area contributed by atoms with Crippen molar-refractivity contribution >= 4 is 39.6 Å². The Hall–Kier alpha value is -0.660. The van der Waals surface area contributed by atoms with E-state index in [1.807, 2.05) is 6.20 Å². The van der Waals surface area contributed by atoms with Gasteiger partial charge in [0.1, 0.15) is 5.01 Å². The van der Waals surface area contributed by atoms with Crippen molar-refractivity contribution < 1.29 is 0 Å². The number of thiazole rings is 1. The third-order valence-electron chi connectivity index (χ3n) is 2.12. The molecule has 2 aromatic heterocycles. The summed E-state index contributed by atoms with van der Waals surface area (Å²) < 4.78 is 0. The molecule has 2 rings (SSSR count). The molecule has 0 aliphatic heterocycles. The molecule has 0 radical (unpaired) electrons. The van der Waals surface area contributed by atoms with Gasteiger partial charge in [-0.1, -0.05) is 25.2 Å². The molecule has 98 valence electrons. The van der Waals surface area contributed by atoms with Gasteiger partial charge in [-0.25, -0.2) is 4.98 Å². The van der Waals surface area contributed by atoms with E-state index in [9.17, 15) is 0 Å². The average molecular weight is 300 g/mol. The Balaban J connectivity index is 2.04. The maximum Gasteiger partial charge on any atom is 0.206 e. The highest BCUT2D eigenvalue weighted by Gasteiger charge is 2.10. The van der Waals surface area contributed by atoms with Crippen LogP contribution in [0.25, 0.3) is 9.88 Å². The monoisotopic (exact) mass is 300 g/mol. The van der Waals surface area contributed by atoms with Crippen molar-refractivity contribution in [3.05, 3.63) is 11.2 Å². The molecule has 2 heterocycles. The third-order valence-corrected chi connectivity index (χ3v) is 4.91. The van der Waals surface area contributed by atoms with Gasteiger partial charge in [0.2, 0.25) is 5.13 Å². The minimum absolute atomic E-state index is 0.605. The van der Waals surface area contributed by atoms with E-state index in [2.05, 4.69) is 40.6 Å². The zero-order chi connectivity index (χ0) is 13.0. The fourth-order valence-electron chi connectivity index (χ4n) is 1.29. The maximum atomic E-state index is 4.38. The van der Waals surface area contributed by atoms with E-state index in [1.165, 1.54) is 0 Å². The lowest BCUT2D eigenvalue weighted by molar-refractivity contribution is 0.687. The van der Waals surface area contributed by atoms with Crippen LogP contribution in [-0.2, 0) is 5.75 Å². The molecular weight excluding hydrogens is 284 g/mol. The molecule has 0 unspecified atom stereocenters. The standard InChI is InChI=1S/C11H16N4S3/c1-7(2)4-13-11-15-14-10(18-11)8-5-12-9(17-8)6-16-3/h5,7H,4,6H2,1-3H3,(H,13,15). The van der Waals surface area contributed by atoms with Crippen molar-refractivity contribution in [2.24, 2.45) is 5.92 Å². The Bertz CT molecular complexity index is 492. The van der Waals surface area contributed by atoms with Crippen LogP contribution in [0, 0.1) is 5.92 Å². The number of hydrogen-bond acceptors (Lipinski definition) is 7. The number of nitrogens with one attached hydrogen (secondary N) is 1. The smallest absolute Gasteiger partial charge is 0.206 e. The molecule has 0 amide bonds. The molecule has 18 heavy (non-hydrogen) atoms. The van der Waals surface area contributed by atoms with E-state index < -0.39 is 0 Å². The van der Waals surface area contributed by atoms with E-state index in [0.29, 0.717) is 5.92 Å². The molecule has 0 aliphatic carbocycles. The predicted molar refractivity (Wildman–Crippen MR) is 81.6 cm³/mol. The van der Waals surface area contributed by atoms with Crippen LogP contribution in [-0.4, -0.2) is 28.0 Å². The van der Waals surface area contributed by atoms with E-state index in [-0.39, 0.29) is 0 Å². The maximum absolute atomic E-state index is 4.38. The van der Waals surface area contributed by atoms with Crippen molar-refractivity contribution in [1.82, 2.24) is 15.2 Å². The van der Waals surface area contributed by atoms with E-state index in [0.717, 1.165) is 32.3 Å². The number of nitrogens with zero attached hydrogens (tertiary/aromatic N) is 3. The second kappa shape index (κ2) is 6.49. The van der Waals surface area contributed by atoms with Crippen LogP contribution >= 0.6 is 34.4 Å². The molecule has 4 nitrogen and oxygen atoms in total. The fraction of sp³-hybridized carbons (Fsp3) is 0.545. The first-order chi connectivity index (χ1) is 8.69. The third kappa shape index (κ3) is 3.66. The minimum atomic E-state index is 0.605. The average Bonchev–Trinajstić information content (AvgIpc) is 2.94. The topological polar surface area (TPSA) is 50.7 Å². The molecule has 1 N–H and O–H groups in total. The zero-order valence-electron chi connectivity index (χ0n) is 10.6. The second-order valence-electron chi connectivity index (χ2n) is 4.24. The van der Waals surface area contributed by atoms with Gasteiger partial charge < -0.3 is 5.32 Å². The van der Waals surface area contributed by atoms with E-state index in [4.69, 9.17) is 0 Å².